The average Bonchev–Trinajstić information content (AvgIpc) is 2.59. The molecule has 8 nitrogen and oxygen atoms in total. The van der Waals surface area contributed by atoms with E-state index in [1.165, 1.54) is 7.11 Å². The molecule has 0 heterocycles. The Morgan fingerprint density at radius 2 is 1.44 bits per heavy atom. The van der Waals surface area contributed by atoms with Gasteiger partial charge in [0.25, 0.3) is 10.1 Å². The second kappa shape index (κ2) is 12.8. The van der Waals surface area contributed by atoms with Crippen molar-refractivity contribution in [1.29, 1.82) is 0 Å². The molecule has 142 valence electrons. The molecule has 0 amide bonds. The molecule has 0 saturated carbocycles. The van der Waals surface area contributed by atoms with E-state index in [0.717, 1.165) is 0 Å². The van der Waals surface area contributed by atoms with Gasteiger partial charge in [0.1, 0.15) is 12.4 Å². The normalized spacial score (nSPS) is 11.4. The van der Waals surface area contributed by atoms with Crippen LogP contribution in [0.3, 0.4) is 0 Å². The van der Waals surface area contributed by atoms with Gasteiger partial charge in [0.2, 0.25) is 0 Å². The Balaban J connectivity index is 1.95. The van der Waals surface area contributed by atoms with Crippen molar-refractivity contribution >= 4 is 16.1 Å². The molecule has 1 aromatic rings. The summed E-state index contributed by atoms with van der Waals surface area (Å²) in [6.07, 6.45) is 0. The third-order valence-corrected chi connectivity index (χ3v) is 4.08. The maximum Gasteiger partial charge on any atom is 0.331 e. The lowest BCUT2D eigenvalue weighted by Crippen LogP contribution is -2.16. The minimum Gasteiger partial charge on any atom is -0.467 e. The maximum atomic E-state index is 11.8. The zero-order valence-corrected chi connectivity index (χ0v) is 15.0. The summed E-state index contributed by atoms with van der Waals surface area (Å²) < 4.78 is 48.2. The van der Waals surface area contributed by atoms with Crippen LogP contribution in [-0.2, 0) is 43.8 Å². The summed E-state index contributed by atoms with van der Waals surface area (Å²) in [7, 11) is -2.33. The molecule has 0 N–H and O–H groups in total. The fourth-order valence-corrected chi connectivity index (χ4v) is 2.70. The number of rotatable bonds is 14. The number of hydrogen-bond donors (Lipinski definition) is 0. The Bertz CT molecular complexity index is 573. The number of hydrogen-bond acceptors (Lipinski definition) is 8. The van der Waals surface area contributed by atoms with E-state index in [1.54, 1.807) is 24.3 Å². The van der Waals surface area contributed by atoms with Crippen LogP contribution in [0.4, 0.5) is 0 Å². The van der Waals surface area contributed by atoms with Crippen molar-refractivity contribution in [1.82, 2.24) is 0 Å². The second-order valence-corrected chi connectivity index (χ2v) is 6.50. The largest absolute Gasteiger partial charge is 0.467 e. The second-order valence-electron chi connectivity index (χ2n) is 4.86. The minimum absolute atomic E-state index is 0.0442. The van der Waals surface area contributed by atoms with Gasteiger partial charge in [-0.2, -0.15) is 8.42 Å². The quantitative estimate of drug-likeness (QED) is 0.267. The number of ether oxygens (including phenoxy) is 4. The van der Waals surface area contributed by atoms with Crippen molar-refractivity contribution in [2.75, 3.05) is 53.4 Å². The molecular weight excluding hydrogens is 352 g/mol. The van der Waals surface area contributed by atoms with Gasteiger partial charge in [-0.1, -0.05) is 30.3 Å². The van der Waals surface area contributed by atoms with E-state index in [4.69, 9.17) is 18.4 Å². The van der Waals surface area contributed by atoms with E-state index >= 15 is 0 Å². The van der Waals surface area contributed by atoms with Crippen molar-refractivity contribution in [2.24, 2.45) is 0 Å². The van der Waals surface area contributed by atoms with Gasteiger partial charge in [-0.15, -0.1) is 0 Å². The molecule has 0 fully saturated rings. The topological polar surface area (TPSA) is 97.4 Å². The maximum absolute atomic E-state index is 11.8. The zero-order valence-electron chi connectivity index (χ0n) is 14.2. The van der Waals surface area contributed by atoms with Crippen LogP contribution >= 0.6 is 0 Å². The Labute approximate surface area is 148 Å². The molecule has 0 bridgehead atoms. The smallest absolute Gasteiger partial charge is 0.331 e. The van der Waals surface area contributed by atoms with Crippen LogP contribution in [0.25, 0.3) is 0 Å². The van der Waals surface area contributed by atoms with Crippen LogP contribution in [0.5, 0.6) is 0 Å². The van der Waals surface area contributed by atoms with Gasteiger partial charge in [-0.05, 0) is 5.56 Å². The van der Waals surface area contributed by atoms with Crippen molar-refractivity contribution in [2.45, 2.75) is 5.75 Å². The van der Waals surface area contributed by atoms with E-state index in [9.17, 15) is 13.2 Å². The molecule has 0 spiro atoms. The van der Waals surface area contributed by atoms with Gasteiger partial charge in [0.05, 0.1) is 46.8 Å². The van der Waals surface area contributed by atoms with Crippen molar-refractivity contribution in [3.8, 4) is 0 Å². The average molecular weight is 376 g/mol. The van der Waals surface area contributed by atoms with Crippen LogP contribution in [0.2, 0.25) is 0 Å². The summed E-state index contributed by atoms with van der Waals surface area (Å²) in [6, 6.07) is 8.81. The molecule has 0 unspecified atom stereocenters. The van der Waals surface area contributed by atoms with Crippen molar-refractivity contribution in [3.05, 3.63) is 35.9 Å². The van der Waals surface area contributed by atoms with E-state index in [-0.39, 0.29) is 32.2 Å². The molecule has 0 atom stereocenters. The standard InChI is InChI=1S/C16H24O8S/c1-20-16(17)13-23-10-9-21-7-8-22-11-12-24-25(18,19)14-15-5-3-2-4-6-15/h2-6H,7-14H2,1H3. The van der Waals surface area contributed by atoms with Crippen molar-refractivity contribution in [3.63, 3.8) is 0 Å². The number of carbonyl (C=O) groups excluding carboxylic acids is 1. The first-order valence-electron chi connectivity index (χ1n) is 7.74. The highest BCUT2D eigenvalue weighted by atomic mass is 32.2. The lowest BCUT2D eigenvalue weighted by Gasteiger charge is -2.07. The number of carbonyl (C=O) groups is 1. The fraction of sp³-hybridized carbons (Fsp3) is 0.562. The lowest BCUT2D eigenvalue weighted by molar-refractivity contribution is -0.146. The Morgan fingerprint density at radius 1 is 0.880 bits per heavy atom. The van der Waals surface area contributed by atoms with Gasteiger partial charge in [-0.3, -0.25) is 4.18 Å². The van der Waals surface area contributed by atoms with Crippen LogP contribution < -0.4 is 0 Å². The zero-order chi connectivity index (χ0) is 18.4. The number of methoxy groups -OCH3 is 1. The third kappa shape index (κ3) is 11.6. The molecule has 0 aliphatic carbocycles. The highest BCUT2D eigenvalue weighted by molar-refractivity contribution is 7.85. The van der Waals surface area contributed by atoms with Gasteiger partial charge in [-0.25, -0.2) is 4.79 Å². The van der Waals surface area contributed by atoms with E-state index in [2.05, 4.69) is 4.74 Å². The number of benzene rings is 1. The van der Waals surface area contributed by atoms with Gasteiger partial charge in [0, 0.05) is 0 Å². The van der Waals surface area contributed by atoms with Gasteiger partial charge >= 0.3 is 5.97 Å². The van der Waals surface area contributed by atoms with Gasteiger partial charge < -0.3 is 18.9 Å². The van der Waals surface area contributed by atoms with E-state index in [1.807, 2.05) is 6.07 Å². The van der Waals surface area contributed by atoms with Crippen LogP contribution in [-0.4, -0.2) is 67.7 Å². The molecule has 0 radical (unpaired) electrons. The van der Waals surface area contributed by atoms with E-state index in [0.29, 0.717) is 25.4 Å². The number of esters is 1. The summed E-state index contributed by atoms with van der Waals surface area (Å²) in [5, 5.41) is 0. The lowest BCUT2D eigenvalue weighted by atomic mass is 10.2. The first kappa shape index (κ1) is 21.5. The Morgan fingerprint density at radius 3 is 2.04 bits per heavy atom. The third-order valence-electron chi connectivity index (χ3n) is 2.87. The molecule has 9 heteroatoms. The predicted molar refractivity (Wildman–Crippen MR) is 89.5 cm³/mol. The van der Waals surface area contributed by atoms with Crippen molar-refractivity contribution < 1.29 is 36.3 Å². The van der Waals surface area contributed by atoms with Gasteiger partial charge in [0.15, 0.2) is 0 Å². The molecule has 25 heavy (non-hydrogen) atoms. The summed E-state index contributed by atoms with van der Waals surface area (Å²) in [6.45, 7) is 1.23. The molecule has 0 aliphatic heterocycles. The molecule has 1 aromatic carbocycles. The molecule has 0 aliphatic rings. The molecule has 0 aromatic heterocycles. The summed E-state index contributed by atoms with van der Waals surface area (Å²) in [5.41, 5.74) is 0.672. The Kier molecular flexibility index (Phi) is 11.0. The Hall–Kier alpha value is -1.52. The fourth-order valence-electron chi connectivity index (χ4n) is 1.69. The summed E-state index contributed by atoms with van der Waals surface area (Å²) >= 11 is 0. The first-order chi connectivity index (χ1) is 12.0. The SMILES string of the molecule is COC(=O)COCCOCCOCCOS(=O)(=O)Cc1ccccc1. The highest BCUT2D eigenvalue weighted by Gasteiger charge is 2.11. The van der Waals surface area contributed by atoms with Crippen LogP contribution in [0.15, 0.2) is 30.3 Å². The van der Waals surface area contributed by atoms with Crippen LogP contribution in [0, 0.1) is 0 Å². The molecule has 0 saturated heterocycles. The molecular formula is C16H24O8S. The molecule has 1 rings (SSSR count). The first-order valence-corrected chi connectivity index (χ1v) is 9.32. The predicted octanol–water partition coefficient (Wildman–Crippen LogP) is 0.756. The van der Waals surface area contributed by atoms with Crippen LogP contribution in [0.1, 0.15) is 5.56 Å². The minimum atomic E-state index is -3.62. The highest BCUT2D eigenvalue weighted by Crippen LogP contribution is 2.06. The summed E-state index contributed by atoms with van der Waals surface area (Å²) in [5.74, 6) is -0.603. The monoisotopic (exact) mass is 376 g/mol. The van der Waals surface area contributed by atoms with E-state index < -0.39 is 16.1 Å². The summed E-state index contributed by atoms with van der Waals surface area (Å²) in [4.78, 5) is 10.8.